The van der Waals surface area contributed by atoms with Gasteiger partial charge in [-0.3, -0.25) is 0 Å². The van der Waals surface area contributed by atoms with E-state index in [1.165, 1.54) is 0 Å². The molecule has 0 spiro atoms. The molecule has 0 amide bonds. The molecule has 54 valence electrons. The van der Waals surface area contributed by atoms with Crippen LogP contribution in [0.4, 0.5) is 5.95 Å². The molecule has 1 aromatic rings. The van der Waals surface area contributed by atoms with Gasteiger partial charge in [0.05, 0.1) is 0 Å². The molecule has 1 rings (SSSR count). The number of nitrogens with zero attached hydrogens (tertiary/aromatic N) is 4. The fourth-order valence-electron chi connectivity index (χ4n) is 0.346. The van der Waals surface area contributed by atoms with Crippen molar-refractivity contribution in [2.24, 2.45) is 0 Å². The summed E-state index contributed by atoms with van der Waals surface area (Å²) in [5.74, 6) is -0.663. The average Bonchev–Trinajstić information content (AvgIpc) is 1.82. The second-order valence-corrected chi connectivity index (χ2v) is 1.71. The molecule has 0 aliphatic heterocycles. The summed E-state index contributed by atoms with van der Waals surface area (Å²) in [6.07, 6.45) is 0. The van der Waals surface area contributed by atoms with E-state index in [9.17, 15) is 10.4 Å². The van der Waals surface area contributed by atoms with Gasteiger partial charge in [-0.25, -0.2) is 5.73 Å². The molecule has 0 saturated carbocycles. The average molecular weight is 164 g/mol. The van der Waals surface area contributed by atoms with Crippen molar-refractivity contribution in [3.8, 4) is 0 Å². The van der Waals surface area contributed by atoms with Gasteiger partial charge in [0.25, 0.3) is 0 Å². The summed E-state index contributed by atoms with van der Waals surface area (Å²) in [6, 6.07) is 0. The predicted octanol–water partition coefficient (Wildman–Crippen LogP) is -2.02. The molecule has 10 heavy (non-hydrogen) atoms. The Morgan fingerprint density at radius 3 is 2.10 bits per heavy atom. The Bertz CT molecular complexity index is 241. The van der Waals surface area contributed by atoms with Crippen LogP contribution >= 0.6 is 11.6 Å². The summed E-state index contributed by atoms with van der Waals surface area (Å²) in [5.41, 5.74) is 4.87. The molecule has 1 aromatic heterocycles. The van der Waals surface area contributed by atoms with Crippen molar-refractivity contribution in [3.05, 3.63) is 15.7 Å². The normalized spacial score (nSPS) is 9.70. The topological polar surface area (TPSA) is 106 Å². The molecule has 0 saturated heterocycles. The van der Waals surface area contributed by atoms with Crippen LogP contribution in [0.5, 0.6) is 0 Å². The first-order valence-electron chi connectivity index (χ1n) is 2.14. The van der Waals surface area contributed by atoms with Gasteiger partial charge in [-0.1, -0.05) is 0 Å². The summed E-state index contributed by atoms with van der Waals surface area (Å²) >= 11 is 5.10. The molecule has 8 heteroatoms. The zero-order valence-corrected chi connectivity index (χ0v) is 5.32. The van der Waals surface area contributed by atoms with Crippen LogP contribution in [0.3, 0.4) is 0 Å². The molecule has 0 aliphatic rings. The summed E-state index contributed by atoms with van der Waals surface area (Å²) in [5, 5.41) is 26.4. The summed E-state index contributed by atoms with van der Waals surface area (Å²) in [4.78, 5) is -0.218. The van der Waals surface area contributed by atoms with Crippen LogP contribution in [0.25, 0.3) is 0 Å². The number of anilines is 1. The first kappa shape index (κ1) is 6.75. The van der Waals surface area contributed by atoms with E-state index < -0.39 is 11.2 Å². The number of nitrogen functional groups attached to an aromatic ring is 1. The number of rotatable bonds is 0. The van der Waals surface area contributed by atoms with E-state index in [4.69, 9.17) is 17.3 Å². The fourth-order valence-corrected chi connectivity index (χ4v) is 0.483. The van der Waals surface area contributed by atoms with Crippen LogP contribution in [-0.4, -0.2) is 10.2 Å². The molecule has 0 radical (unpaired) electrons. The van der Waals surface area contributed by atoms with Crippen LogP contribution < -0.4 is 15.4 Å². The van der Waals surface area contributed by atoms with E-state index in [0.29, 0.717) is 0 Å². The first-order chi connectivity index (χ1) is 4.61. The molecule has 7 nitrogen and oxygen atoms in total. The molecule has 0 aromatic carbocycles. The Morgan fingerprint density at radius 2 is 1.70 bits per heavy atom. The fraction of sp³-hybridized carbons (Fsp3) is 0. The van der Waals surface area contributed by atoms with Gasteiger partial charge in [-0.15, -0.1) is 0 Å². The van der Waals surface area contributed by atoms with Crippen molar-refractivity contribution in [1.29, 1.82) is 0 Å². The Balaban J connectivity index is 3.31. The van der Waals surface area contributed by atoms with E-state index in [-0.39, 0.29) is 9.69 Å². The van der Waals surface area contributed by atoms with Crippen LogP contribution in [-0.2, 0) is 0 Å². The van der Waals surface area contributed by atoms with Crippen LogP contribution in [0.1, 0.15) is 0 Å². The number of halogens is 1. The van der Waals surface area contributed by atoms with E-state index in [2.05, 4.69) is 10.2 Å². The minimum atomic E-state index is -0.663. The molecule has 0 unspecified atom stereocenters. The minimum Gasteiger partial charge on any atom is -0.654 e. The molecule has 0 atom stereocenters. The largest absolute Gasteiger partial charge is 0.654 e. The Kier molecular flexibility index (Phi) is 1.42. The Morgan fingerprint density at radius 1 is 1.30 bits per heavy atom. The maximum absolute atomic E-state index is 10.4. The highest BCUT2D eigenvalue weighted by atomic mass is 35.5. The Labute approximate surface area is 59.8 Å². The highest BCUT2D eigenvalue weighted by Gasteiger charge is 2.13. The third-order valence-electron chi connectivity index (χ3n) is 0.739. The second-order valence-electron chi connectivity index (χ2n) is 1.37. The van der Waals surface area contributed by atoms with E-state index >= 15 is 0 Å². The lowest BCUT2D eigenvalue weighted by atomic mass is 11.1. The van der Waals surface area contributed by atoms with Crippen molar-refractivity contribution in [2.75, 3.05) is 5.73 Å². The monoisotopic (exact) mass is 163 g/mol. The second kappa shape index (κ2) is 2.10. The van der Waals surface area contributed by atoms with Crippen molar-refractivity contribution < 1.29 is 9.69 Å². The SMILES string of the molecule is Nc1[n+]([O-])nc(Cl)n[n+]1[O-]. The van der Waals surface area contributed by atoms with Crippen molar-refractivity contribution in [1.82, 2.24) is 10.2 Å². The molecule has 0 bridgehead atoms. The van der Waals surface area contributed by atoms with Crippen molar-refractivity contribution in [3.63, 3.8) is 0 Å². The first-order valence-corrected chi connectivity index (χ1v) is 2.52. The van der Waals surface area contributed by atoms with Gasteiger partial charge in [0, 0.05) is 0 Å². The highest BCUT2D eigenvalue weighted by Crippen LogP contribution is 1.89. The van der Waals surface area contributed by atoms with Gasteiger partial charge in [0.15, 0.2) is 0 Å². The predicted molar refractivity (Wildman–Crippen MR) is 29.4 cm³/mol. The van der Waals surface area contributed by atoms with Gasteiger partial charge in [-0.2, -0.15) is 0 Å². The summed E-state index contributed by atoms with van der Waals surface area (Å²) in [7, 11) is 0. The lowest BCUT2D eigenvalue weighted by Gasteiger charge is -1.98. The van der Waals surface area contributed by atoms with E-state index in [1.807, 2.05) is 0 Å². The molecular formula is C2H2ClN5O2. The van der Waals surface area contributed by atoms with E-state index in [0.717, 1.165) is 0 Å². The van der Waals surface area contributed by atoms with Gasteiger partial charge < -0.3 is 10.4 Å². The molecule has 2 N–H and O–H groups in total. The molecule has 0 aliphatic carbocycles. The third-order valence-corrected chi connectivity index (χ3v) is 0.890. The van der Waals surface area contributed by atoms with Gasteiger partial charge >= 0.3 is 11.2 Å². The molecule has 0 fully saturated rings. The van der Waals surface area contributed by atoms with Gasteiger partial charge in [0.1, 0.15) is 0 Å². The molecular weight excluding hydrogens is 162 g/mol. The zero-order chi connectivity index (χ0) is 7.72. The standard InChI is InChI=1S/C2H2ClN5O2/c3-1-5-7(9)2(4)8(10)6-1/h4H2. The van der Waals surface area contributed by atoms with Gasteiger partial charge in [0.2, 0.25) is 0 Å². The molecule has 1 heterocycles. The van der Waals surface area contributed by atoms with Crippen molar-refractivity contribution in [2.45, 2.75) is 0 Å². The lowest BCUT2D eigenvalue weighted by molar-refractivity contribution is -0.782. The number of aromatic nitrogens is 4. The number of hydrogen-bond donors (Lipinski definition) is 1. The maximum Gasteiger partial charge on any atom is 0.581 e. The maximum atomic E-state index is 10.4. The third kappa shape index (κ3) is 0.982. The quantitative estimate of drug-likeness (QED) is 0.351. The van der Waals surface area contributed by atoms with Crippen LogP contribution in [0.2, 0.25) is 5.28 Å². The van der Waals surface area contributed by atoms with E-state index in [1.54, 1.807) is 0 Å². The van der Waals surface area contributed by atoms with Gasteiger partial charge in [-0.05, 0) is 31.5 Å². The lowest BCUT2D eigenvalue weighted by Crippen LogP contribution is -2.50. The Hall–Kier alpha value is -1.37. The highest BCUT2D eigenvalue weighted by molar-refractivity contribution is 6.27. The van der Waals surface area contributed by atoms with Crippen molar-refractivity contribution >= 4 is 17.5 Å². The zero-order valence-electron chi connectivity index (χ0n) is 4.56. The number of nitrogens with two attached hydrogens (primary N) is 1. The van der Waals surface area contributed by atoms with Crippen LogP contribution in [0.15, 0.2) is 0 Å². The summed E-state index contributed by atoms with van der Waals surface area (Å²) < 4.78 is 0. The smallest absolute Gasteiger partial charge is 0.581 e. The minimum absolute atomic E-state index is 0.109. The summed E-state index contributed by atoms with van der Waals surface area (Å²) in [6.45, 7) is 0. The van der Waals surface area contributed by atoms with Crippen LogP contribution in [0, 0.1) is 10.4 Å². The number of hydrogen-bond acceptors (Lipinski definition) is 5.